The third-order valence-corrected chi connectivity index (χ3v) is 9.09. The lowest BCUT2D eigenvalue weighted by molar-refractivity contribution is -0.177. The second kappa shape index (κ2) is 26.5. The Balaban J connectivity index is 0.000000780. The number of carbonyl (C=O) groups is 2. The van der Waals surface area contributed by atoms with E-state index in [1.54, 1.807) is 57.8 Å². The highest BCUT2D eigenvalue weighted by Crippen LogP contribution is 2.30. The molecule has 4 aromatic rings. The van der Waals surface area contributed by atoms with Crippen molar-refractivity contribution >= 4 is 45.2 Å². The van der Waals surface area contributed by atoms with Gasteiger partial charge < -0.3 is 24.8 Å². The van der Waals surface area contributed by atoms with E-state index in [0.717, 1.165) is 39.2 Å². The van der Waals surface area contributed by atoms with Crippen molar-refractivity contribution in [2.75, 3.05) is 31.5 Å². The van der Waals surface area contributed by atoms with Crippen molar-refractivity contribution < 1.29 is 32.6 Å². The number of pyridine rings is 2. The molecule has 0 aliphatic rings. The van der Waals surface area contributed by atoms with Crippen molar-refractivity contribution in [2.24, 2.45) is 17.8 Å². The number of nitrogens with zero attached hydrogens (tertiary/aromatic N) is 3. The predicted octanol–water partition coefficient (Wildman–Crippen LogP) is 11.3. The molecule has 0 fully saturated rings. The Labute approximate surface area is 325 Å². The number of aromatic nitrogens is 3. The van der Waals surface area contributed by atoms with Crippen LogP contribution in [-0.2, 0) is 9.53 Å². The molecule has 3 atom stereocenters. The first-order valence-corrected chi connectivity index (χ1v) is 19.4. The molecule has 0 spiro atoms. The van der Waals surface area contributed by atoms with E-state index >= 15 is 0 Å². The number of alkyl halides is 2. The largest absolute Gasteiger partial charge is 0.481 e. The van der Waals surface area contributed by atoms with E-state index < -0.39 is 12.5 Å². The molecule has 2 amide bonds. The number of benzene rings is 1. The van der Waals surface area contributed by atoms with Gasteiger partial charge in [-0.2, -0.15) is 8.78 Å². The second-order valence-corrected chi connectivity index (χ2v) is 13.4. The van der Waals surface area contributed by atoms with Crippen molar-refractivity contribution in [3.63, 3.8) is 0 Å². The highest BCUT2D eigenvalue weighted by molar-refractivity contribution is 7.18. The molecular weight excluding hydrogens is 713 g/mol. The van der Waals surface area contributed by atoms with Gasteiger partial charge in [0.1, 0.15) is 11.4 Å². The fraction of sp³-hybridized carbons (Fsp3) is 0.537. The number of methoxy groups -OCH3 is 2. The van der Waals surface area contributed by atoms with Gasteiger partial charge in [-0.3, -0.25) is 9.59 Å². The minimum Gasteiger partial charge on any atom is -0.481 e. The van der Waals surface area contributed by atoms with Gasteiger partial charge in [-0.05, 0) is 68.2 Å². The molecule has 3 unspecified atom stereocenters. The van der Waals surface area contributed by atoms with Crippen LogP contribution in [0.3, 0.4) is 0 Å². The number of anilines is 2. The zero-order chi connectivity index (χ0) is 41.4. The minimum atomic E-state index is -3.19. The quantitative estimate of drug-likeness (QED) is 0.121. The van der Waals surface area contributed by atoms with Crippen LogP contribution in [0.2, 0.25) is 0 Å². The smallest absolute Gasteiger partial charge is 0.397 e. The molecule has 0 radical (unpaired) electrons. The third kappa shape index (κ3) is 17.3. The number of fused-ring (bicyclic) bond motifs is 1. The number of carbonyl (C=O) groups excluding carboxylic acids is 2. The van der Waals surface area contributed by atoms with Crippen LogP contribution >= 0.6 is 11.3 Å². The monoisotopic (exact) mass is 775 g/mol. The van der Waals surface area contributed by atoms with Crippen molar-refractivity contribution in [3.8, 4) is 11.6 Å². The maximum atomic E-state index is 13.0. The molecule has 10 nitrogen and oxygen atoms in total. The van der Waals surface area contributed by atoms with Gasteiger partial charge >= 0.3 is 6.11 Å². The van der Waals surface area contributed by atoms with Gasteiger partial charge in [0, 0.05) is 44.2 Å². The SMILES string of the molecule is CC.CC.CCC(C)C(C)CC(C)COC.CCC(F)(F)Oc1cc(NC=O)ccc1C.COc1cc(C)c(NC(=O)c2nccc3nc(C)sc23)cn1. The highest BCUT2D eigenvalue weighted by atomic mass is 32.1. The van der Waals surface area contributed by atoms with E-state index in [0.29, 0.717) is 40.8 Å². The summed E-state index contributed by atoms with van der Waals surface area (Å²) in [6.45, 7) is 24.9. The normalized spacial score (nSPS) is 12.0. The Hall–Kier alpha value is -4.23. The first-order valence-electron chi connectivity index (χ1n) is 18.6. The lowest BCUT2D eigenvalue weighted by Crippen LogP contribution is -2.23. The Morgan fingerprint density at radius 2 is 1.63 bits per heavy atom. The molecule has 302 valence electrons. The maximum Gasteiger partial charge on any atom is 0.397 e. The number of ether oxygens (including phenoxy) is 3. The van der Waals surface area contributed by atoms with Gasteiger partial charge in [0.2, 0.25) is 12.3 Å². The molecule has 3 aromatic heterocycles. The number of rotatable bonds is 14. The summed E-state index contributed by atoms with van der Waals surface area (Å²) in [5, 5.41) is 6.11. The molecule has 1 aromatic carbocycles. The number of halogens is 2. The van der Waals surface area contributed by atoms with E-state index in [9.17, 15) is 18.4 Å². The predicted molar refractivity (Wildman–Crippen MR) is 219 cm³/mol. The molecule has 54 heavy (non-hydrogen) atoms. The molecule has 4 rings (SSSR count). The van der Waals surface area contributed by atoms with Gasteiger partial charge in [0.25, 0.3) is 5.91 Å². The zero-order valence-corrected chi connectivity index (χ0v) is 35.5. The van der Waals surface area contributed by atoms with Crippen LogP contribution in [0.15, 0.2) is 42.7 Å². The second-order valence-electron chi connectivity index (χ2n) is 12.2. The molecule has 3 heterocycles. The standard InChI is InChI=1S/C15H14N4O2S.C11H13F2NO2.C11H24O.2C2H6/c1-8-6-12(21-3)17-7-11(8)19-15(20)13-14-10(4-5-16-13)18-9(2)22-14;1-3-11(12,13)16-10-6-9(14-7-15)5-4-8(10)2;1-6-10(3)11(4)7-9(2)8-12-5;2*1-2/h4-7H,1-3H3,(H,19,20);4-7H,3H2,1-2H3,(H,14,15);9-11H,6-8H2,1-5H3;2*1-2H3. The van der Waals surface area contributed by atoms with Crippen LogP contribution in [0.25, 0.3) is 10.2 Å². The van der Waals surface area contributed by atoms with Gasteiger partial charge in [-0.25, -0.2) is 15.0 Å². The van der Waals surface area contributed by atoms with Crippen molar-refractivity contribution in [1.29, 1.82) is 0 Å². The van der Waals surface area contributed by atoms with Crippen LogP contribution in [0.5, 0.6) is 11.6 Å². The van der Waals surface area contributed by atoms with Gasteiger partial charge in [-0.1, -0.05) is 74.8 Å². The number of aryl methyl sites for hydroxylation is 3. The van der Waals surface area contributed by atoms with Gasteiger partial charge in [0.05, 0.1) is 34.2 Å². The van der Waals surface area contributed by atoms with E-state index in [1.807, 2.05) is 41.5 Å². The minimum absolute atomic E-state index is 0.0682. The van der Waals surface area contributed by atoms with Crippen LogP contribution in [0.4, 0.5) is 20.2 Å². The lowest BCUT2D eigenvalue weighted by Gasteiger charge is -2.21. The molecule has 0 saturated heterocycles. The fourth-order valence-corrected chi connectivity index (χ4v) is 5.71. The van der Waals surface area contributed by atoms with Gasteiger partial charge in [-0.15, -0.1) is 11.3 Å². The summed E-state index contributed by atoms with van der Waals surface area (Å²) in [5.74, 6) is 2.69. The molecule has 13 heteroatoms. The Morgan fingerprint density at radius 3 is 2.19 bits per heavy atom. The van der Waals surface area contributed by atoms with Crippen LogP contribution < -0.4 is 20.1 Å². The van der Waals surface area contributed by atoms with E-state index in [-0.39, 0.29) is 11.7 Å². The summed E-state index contributed by atoms with van der Waals surface area (Å²) in [6, 6.07) is 8.15. The number of thiazole rings is 1. The van der Waals surface area contributed by atoms with Crippen LogP contribution in [-0.4, -0.2) is 54.2 Å². The van der Waals surface area contributed by atoms with Crippen molar-refractivity contribution in [3.05, 3.63) is 64.6 Å². The molecule has 0 aliphatic carbocycles. The maximum absolute atomic E-state index is 13.0. The number of hydrogen-bond donors (Lipinski definition) is 2. The van der Waals surface area contributed by atoms with Gasteiger partial charge in [0.15, 0.2) is 0 Å². The summed E-state index contributed by atoms with van der Waals surface area (Å²) in [4.78, 5) is 35.4. The van der Waals surface area contributed by atoms with Crippen LogP contribution in [0.1, 0.15) is 108 Å². The highest BCUT2D eigenvalue weighted by Gasteiger charge is 2.29. The van der Waals surface area contributed by atoms with Crippen LogP contribution in [0, 0.1) is 38.5 Å². The summed E-state index contributed by atoms with van der Waals surface area (Å²) in [6.07, 6.45) is 2.64. The number of amides is 2. The third-order valence-electron chi connectivity index (χ3n) is 8.09. The Morgan fingerprint density at radius 1 is 0.963 bits per heavy atom. The summed E-state index contributed by atoms with van der Waals surface area (Å²) >= 11 is 1.46. The molecule has 0 saturated carbocycles. The summed E-state index contributed by atoms with van der Waals surface area (Å²) in [5.41, 5.74) is 3.66. The summed E-state index contributed by atoms with van der Waals surface area (Å²) < 4.78 is 41.6. The Bertz CT molecular complexity index is 1670. The first-order chi connectivity index (χ1) is 25.7. The van der Waals surface area contributed by atoms with E-state index in [1.165, 1.54) is 37.2 Å². The van der Waals surface area contributed by atoms with Crippen molar-refractivity contribution in [1.82, 2.24) is 15.0 Å². The average molecular weight is 776 g/mol. The first kappa shape index (κ1) is 49.8. The number of hydrogen-bond acceptors (Lipinski definition) is 9. The molecule has 0 aliphatic heterocycles. The lowest BCUT2D eigenvalue weighted by atomic mass is 9.86. The number of nitrogens with one attached hydrogen (secondary N) is 2. The molecule has 0 bridgehead atoms. The Kier molecular flexibility index (Phi) is 24.5. The van der Waals surface area contributed by atoms with E-state index in [2.05, 4.69) is 58.0 Å². The summed E-state index contributed by atoms with van der Waals surface area (Å²) in [7, 11) is 3.33. The molecular formula is C41H63F2N5O5S. The van der Waals surface area contributed by atoms with Crippen molar-refractivity contribution in [2.45, 2.75) is 108 Å². The fourth-order valence-electron chi connectivity index (χ4n) is 4.81. The topological polar surface area (TPSA) is 125 Å². The molecule has 2 N–H and O–H groups in total. The zero-order valence-electron chi connectivity index (χ0n) is 34.7. The average Bonchev–Trinajstić information content (AvgIpc) is 3.56. The van der Waals surface area contributed by atoms with E-state index in [4.69, 9.17) is 9.47 Å².